The van der Waals surface area contributed by atoms with Crippen molar-refractivity contribution < 1.29 is 9.21 Å². The van der Waals surface area contributed by atoms with Gasteiger partial charge in [-0.25, -0.2) is 4.98 Å². The average molecular weight is 436 g/mol. The second-order valence-corrected chi connectivity index (χ2v) is 7.29. The van der Waals surface area contributed by atoms with Gasteiger partial charge in [0.1, 0.15) is 11.2 Å². The molecule has 1 N–H and O–H groups in total. The zero-order valence-electron chi connectivity index (χ0n) is 14.5. The Morgan fingerprint density at radius 2 is 2.11 bits per heavy atom. The Labute approximate surface area is 167 Å². The zero-order valence-corrected chi connectivity index (χ0v) is 16.1. The van der Waals surface area contributed by atoms with Gasteiger partial charge in [-0.1, -0.05) is 22.0 Å². The highest BCUT2D eigenvalue weighted by atomic mass is 79.9. The first kappa shape index (κ1) is 16.8. The van der Waals surface area contributed by atoms with Crippen LogP contribution in [-0.2, 0) is 6.54 Å². The van der Waals surface area contributed by atoms with Gasteiger partial charge < -0.3 is 14.1 Å². The minimum absolute atomic E-state index is 0.251. The molecule has 0 bridgehead atoms. The van der Waals surface area contributed by atoms with Crippen LogP contribution >= 0.6 is 15.9 Å². The molecule has 0 atom stereocenters. The van der Waals surface area contributed by atoms with Gasteiger partial charge in [0.15, 0.2) is 5.76 Å². The number of aromatic nitrogens is 4. The molecule has 0 fully saturated rings. The van der Waals surface area contributed by atoms with E-state index < -0.39 is 0 Å². The fraction of sp³-hybridized carbons (Fsp3) is 0.0500. The summed E-state index contributed by atoms with van der Waals surface area (Å²) in [6.07, 6.45) is 7.28. The Bertz CT molecular complexity index is 1280. The summed E-state index contributed by atoms with van der Waals surface area (Å²) in [6.45, 7) is 0.510. The summed E-state index contributed by atoms with van der Waals surface area (Å²) in [5.74, 6) is -0.0687. The van der Waals surface area contributed by atoms with Crippen molar-refractivity contribution in [1.82, 2.24) is 19.2 Å². The molecule has 28 heavy (non-hydrogen) atoms. The maximum Gasteiger partial charge on any atom is 0.291 e. The summed E-state index contributed by atoms with van der Waals surface area (Å²) >= 11 is 3.41. The van der Waals surface area contributed by atoms with E-state index in [4.69, 9.17) is 4.42 Å². The van der Waals surface area contributed by atoms with Crippen molar-refractivity contribution in [1.29, 1.82) is 0 Å². The van der Waals surface area contributed by atoms with Gasteiger partial charge in [-0.3, -0.25) is 9.48 Å². The number of hydrogen-bond donors (Lipinski definition) is 1. The van der Waals surface area contributed by atoms with Crippen LogP contribution < -0.4 is 5.32 Å². The quantitative estimate of drug-likeness (QED) is 0.455. The lowest BCUT2D eigenvalue weighted by Crippen LogP contribution is -2.10. The van der Waals surface area contributed by atoms with Crippen LogP contribution in [0, 0.1) is 0 Å². The van der Waals surface area contributed by atoms with E-state index in [1.807, 2.05) is 53.2 Å². The summed E-state index contributed by atoms with van der Waals surface area (Å²) in [5.41, 5.74) is 3.02. The Morgan fingerprint density at radius 3 is 3.00 bits per heavy atom. The Hall–Kier alpha value is -3.39. The highest BCUT2D eigenvalue weighted by Crippen LogP contribution is 2.24. The first-order chi connectivity index (χ1) is 13.6. The van der Waals surface area contributed by atoms with E-state index >= 15 is 0 Å². The van der Waals surface area contributed by atoms with Crippen molar-refractivity contribution in [3.8, 4) is 0 Å². The van der Waals surface area contributed by atoms with E-state index in [9.17, 15) is 4.79 Å². The second-order valence-electron chi connectivity index (χ2n) is 6.37. The zero-order chi connectivity index (χ0) is 19.1. The van der Waals surface area contributed by atoms with Crippen LogP contribution in [0.5, 0.6) is 0 Å². The topological polar surface area (TPSA) is 77.4 Å². The third kappa shape index (κ3) is 3.18. The number of furan rings is 1. The summed E-state index contributed by atoms with van der Waals surface area (Å²) in [7, 11) is 0. The third-order valence-corrected chi connectivity index (χ3v) is 4.82. The number of amides is 1. The van der Waals surface area contributed by atoms with Crippen molar-refractivity contribution >= 4 is 44.1 Å². The van der Waals surface area contributed by atoms with Crippen LogP contribution in [-0.4, -0.2) is 25.1 Å². The van der Waals surface area contributed by atoms with Crippen LogP contribution in [0.3, 0.4) is 0 Å². The molecule has 1 aromatic carbocycles. The molecule has 0 radical (unpaired) electrons. The first-order valence-corrected chi connectivity index (χ1v) is 9.39. The largest absolute Gasteiger partial charge is 0.451 e. The lowest BCUT2D eigenvalue weighted by Gasteiger charge is -1.99. The number of fused-ring (bicyclic) bond motifs is 2. The molecule has 0 saturated heterocycles. The molecule has 5 rings (SSSR count). The number of pyridine rings is 1. The van der Waals surface area contributed by atoms with Crippen molar-refractivity contribution in [2.45, 2.75) is 6.54 Å². The van der Waals surface area contributed by atoms with Gasteiger partial charge in [0.2, 0.25) is 0 Å². The van der Waals surface area contributed by atoms with Gasteiger partial charge in [-0.15, -0.1) is 0 Å². The molecule has 0 aliphatic carbocycles. The molecule has 0 aliphatic rings. The highest BCUT2D eigenvalue weighted by molar-refractivity contribution is 9.10. The number of carbonyl (C=O) groups is 1. The third-order valence-electron chi connectivity index (χ3n) is 4.33. The van der Waals surface area contributed by atoms with Gasteiger partial charge in [-0.05, 0) is 36.4 Å². The molecule has 7 nitrogen and oxygen atoms in total. The normalized spacial score (nSPS) is 11.3. The second kappa shape index (κ2) is 6.65. The van der Waals surface area contributed by atoms with E-state index in [1.165, 1.54) is 0 Å². The number of nitrogens with one attached hydrogen (secondary N) is 1. The minimum Gasteiger partial charge on any atom is -0.451 e. The lowest BCUT2D eigenvalue weighted by atomic mass is 10.2. The van der Waals surface area contributed by atoms with Crippen LogP contribution in [0.25, 0.3) is 16.6 Å². The molecular weight excluding hydrogens is 422 g/mol. The van der Waals surface area contributed by atoms with Crippen LogP contribution in [0.1, 0.15) is 16.2 Å². The molecule has 0 aliphatic heterocycles. The van der Waals surface area contributed by atoms with Gasteiger partial charge in [0.05, 0.1) is 24.1 Å². The first-order valence-electron chi connectivity index (χ1n) is 8.59. The molecule has 138 valence electrons. The summed E-state index contributed by atoms with van der Waals surface area (Å²) in [4.78, 5) is 17.0. The number of rotatable bonds is 4. The van der Waals surface area contributed by atoms with E-state index in [-0.39, 0.29) is 11.7 Å². The van der Waals surface area contributed by atoms with Crippen molar-refractivity contribution in [3.63, 3.8) is 0 Å². The van der Waals surface area contributed by atoms with Crippen molar-refractivity contribution in [2.24, 2.45) is 0 Å². The minimum atomic E-state index is -0.320. The Morgan fingerprint density at radius 1 is 1.18 bits per heavy atom. The van der Waals surface area contributed by atoms with E-state index in [0.29, 0.717) is 17.8 Å². The van der Waals surface area contributed by atoms with E-state index in [2.05, 4.69) is 31.3 Å². The van der Waals surface area contributed by atoms with Gasteiger partial charge >= 0.3 is 0 Å². The van der Waals surface area contributed by atoms with Crippen LogP contribution in [0.2, 0.25) is 0 Å². The number of benzene rings is 1. The predicted octanol–water partition coefficient (Wildman–Crippen LogP) is 4.34. The predicted molar refractivity (Wildman–Crippen MR) is 108 cm³/mol. The summed E-state index contributed by atoms with van der Waals surface area (Å²) in [5, 5.41) is 7.97. The highest BCUT2D eigenvalue weighted by Gasteiger charge is 2.14. The number of carbonyl (C=O) groups excluding carboxylic acids is 1. The van der Waals surface area contributed by atoms with E-state index in [1.54, 1.807) is 23.1 Å². The van der Waals surface area contributed by atoms with Crippen LogP contribution in [0.4, 0.5) is 5.69 Å². The molecular formula is C20H14BrN5O2. The molecule has 4 heterocycles. The molecule has 5 aromatic rings. The molecule has 1 amide bonds. The fourth-order valence-electron chi connectivity index (χ4n) is 3.06. The summed E-state index contributed by atoms with van der Waals surface area (Å²) < 4.78 is 10.2. The molecule has 4 aromatic heterocycles. The monoisotopic (exact) mass is 435 g/mol. The Kier molecular flexibility index (Phi) is 3.98. The molecule has 0 spiro atoms. The van der Waals surface area contributed by atoms with E-state index in [0.717, 1.165) is 21.2 Å². The molecule has 0 unspecified atom stereocenters. The van der Waals surface area contributed by atoms with Crippen molar-refractivity contribution in [2.75, 3.05) is 5.32 Å². The average Bonchev–Trinajstić information content (AvgIpc) is 3.39. The smallest absolute Gasteiger partial charge is 0.291 e. The molecule has 0 saturated carbocycles. The Balaban J connectivity index is 1.31. The van der Waals surface area contributed by atoms with Gasteiger partial charge in [-0.2, -0.15) is 5.10 Å². The maximum atomic E-state index is 12.5. The number of hydrogen-bond acceptors (Lipinski definition) is 4. The standard InChI is InChI=1S/C20H14BrN5O2/c21-14-4-5-17-13(7-14)8-18(28-17)20(27)24-15-9-22-26(11-15)12-16-10-25-6-2-1-3-19(25)23-16/h1-11H,12H2,(H,24,27). The van der Waals surface area contributed by atoms with Gasteiger partial charge in [0.25, 0.3) is 5.91 Å². The maximum absolute atomic E-state index is 12.5. The number of imidazole rings is 1. The SMILES string of the molecule is O=C(Nc1cnn(Cc2cn3ccccc3n2)c1)c1cc2cc(Br)ccc2o1. The number of anilines is 1. The van der Waals surface area contributed by atoms with Crippen molar-refractivity contribution in [3.05, 3.63) is 83.2 Å². The number of halogens is 1. The lowest BCUT2D eigenvalue weighted by molar-refractivity contribution is 0.0998. The number of nitrogens with zero attached hydrogens (tertiary/aromatic N) is 4. The summed E-state index contributed by atoms with van der Waals surface area (Å²) in [6, 6.07) is 13.2. The molecule has 8 heteroatoms. The fourth-order valence-corrected chi connectivity index (χ4v) is 3.44. The van der Waals surface area contributed by atoms with Crippen LogP contribution in [0.15, 0.2) is 76.1 Å². The van der Waals surface area contributed by atoms with Gasteiger partial charge in [0, 0.05) is 28.4 Å².